The lowest BCUT2D eigenvalue weighted by Gasteiger charge is -2.30. The Hall–Kier alpha value is -0.890. The van der Waals surface area contributed by atoms with Gasteiger partial charge in [-0.05, 0) is 5.56 Å². The predicted molar refractivity (Wildman–Crippen MR) is 69.3 cm³/mol. The Morgan fingerprint density at radius 1 is 1.06 bits per heavy atom. The van der Waals surface area contributed by atoms with Gasteiger partial charge in [-0.1, -0.05) is 58.0 Å². The molecule has 0 saturated carbocycles. The van der Waals surface area contributed by atoms with Crippen LogP contribution in [0.15, 0.2) is 30.3 Å². The molecule has 0 aliphatic carbocycles. The van der Waals surface area contributed by atoms with Gasteiger partial charge in [-0.2, -0.15) is 0 Å². The topological polar surface area (TPSA) is 12.0 Å². The highest BCUT2D eigenvalue weighted by molar-refractivity contribution is 5.18. The molecule has 0 aromatic heterocycles. The normalized spacial score (nSPS) is 15.8. The Bertz CT molecular complexity index is 244. The number of rotatable bonds is 2. The van der Waals surface area contributed by atoms with E-state index in [4.69, 9.17) is 0 Å². The van der Waals surface area contributed by atoms with Crippen molar-refractivity contribution in [2.24, 2.45) is 5.92 Å². The molecule has 1 N–H and O–H groups in total. The van der Waals surface area contributed by atoms with Gasteiger partial charge in [-0.25, -0.2) is 4.39 Å². The Morgan fingerprint density at radius 2 is 1.56 bits per heavy atom. The molecule has 1 atom stereocenters. The summed E-state index contributed by atoms with van der Waals surface area (Å²) in [5.41, 5.74) is 0.809. The molecule has 1 fully saturated rings. The van der Waals surface area contributed by atoms with E-state index in [-0.39, 0.29) is 5.92 Å². The first-order valence-corrected chi connectivity index (χ1v) is 6.27. The number of halogens is 1. The molecule has 1 unspecified atom stereocenters. The summed E-state index contributed by atoms with van der Waals surface area (Å²) in [4.78, 5) is 0. The summed E-state index contributed by atoms with van der Waals surface area (Å²) in [6.07, 6.45) is -0.785. The Labute approximate surface area is 99.1 Å². The van der Waals surface area contributed by atoms with Gasteiger partial charge in [-0.15, -0.1) is 0 Å². The summed E-state index contributed by atoms with van der Waals surface area (Å²) in [7, 11) is 0. The van der Waals surface area contributed by atoms with E-state index in [9.17, 15) is 4.39 Å². The zero-order valence-corrected chi connectivity index (χ0v) is 10.8. The molecule has 1 aliphatic rings. The molecule has 1 nitrogen and oxygen atoms in total. The summed E-state index contributed by atoms with van der Waals surface area (Å²) in [6, 6.07) is 9.38. The van der Waals surface area contributed by atoms with Crippen LogP contribution in [0, 0.1) is 5.92 Å². The summed E-state index contributed by atoms with van der Waals surface area (Å²) in [5, 5.41) is 3.07. The average Bonchev–Trinajstić information content (AvgIpc) is 2.33. The van der Waals surface area contributed by atoms with Gasteiger partial charge in [0.1, 0.15) is 6.17 Å². The van der Waals surface area contributed by atoms with Gasteiger partial charge in [-0.3, -0.25) is 0 Å². The number of nitrogens with one attached hydrogen (secondary N) is 1. The summed E-state index contributed by atoms with van der Waals surface area (Å²) < 4.78 is 13.5. The van der Waals surface area contributed by atoms with Gasteiger partial charge >= 0.3 is 0 Å². The van der Waals surface area contributed by atoms with Gasteiger partial charge in [0.25, 0.3) is 0 Å². The molecule has 0 bridgehead atoms. The van der Waals surface area contributed by atoms with E-state index in [1.54, 1.807) is 0 Å². The van der Waals surface area contributed by atoms with Crippen molar-refractivity contribution in [1.29, 1.82) is 0 Å². The smallest absolute Gasteiger partial charge is 0.130 e. The summed E-state index contributed by atoms with van der Waals surface area (Å²) in [6.45, 7) is 9.63. The largest absolute Gasteiger partial charge is 0.316 e. The maximum absolute atomic E-state index is 13.5. The van der Waals surface area contributed by atoms with Crippen LogP contribution in [0.4, 0.5) is 4.39 Å². The first-order valence-electron chi connectivity index (χ1n) is 6.27. The molecule has 0 amide bonds. The number of benzene rings is 1. The van der Waals surface area contributed by atoms with Crippen LogP contribution in [0.2, 0.25) is 0 Å². The van der Waals surface area contributed by atoms with Gasteiger partial charge in [0.2, 0.25) is 0 Å². The Balaban J connectivity index is 0.000000509. The highest BCUT2D eigenvalue weighted by Gasteiger charge is 2.27. The zero-order chi connectivity index (χ0) is 12.4. The van der Waals surface area contributed by atoms with Crippen LogP contribution in [-0.2, 0) is 0 Å². The molecule has 1 aromatic carbocycles. The van der Waals surface area contributed by atoms with E-state index in [0.29, 0.717) is 0 Å². The van der Waals surface area contributed by atoms with Crippen LogP contribution in [0.3, 0.4) is 0 Å². The lowest BCUT2D eigenvalue weighted by Crippen LogP contribution is -2.44. The monoisotopic (exact) mass is 225 g/mol. The lowest BCUT2D eigenvalue weighted by atomic mass is 9.92. The number of hydrogen-bond acceptors (Lipinski definition) is 1. The van der Waals surface area contributed by atoms with Crippen molar-refractivity contribution >= 4 is 0 Å². The van der Waals surface area contributed by atoms with Crippen LogP contribution in [-0.4, -0.2) is 13.1 Å². The average molecular weight is 225 g/mol. The van der Waals surface area contributed by atoms with Crippen LogP contribution in [0.5, 0.6) is 0 Å². The van der Waals surface area contributed by atoms with Crippen molar-refractivity contribution in [2.75, 3.05) is 13.1 Å². The quantitative estimate of drug-likeness (QED) is 0.803. The highest BCUT2D eigenvalue weighted by atomic mass is 19.1. The third kappa shape index (κ3) is 4.31. The first kappa shape index (κ1) is 15.1. The fraction of sp³-hybridized carbons (Fsp3) is 0.571. The molecule has 1 aliphatic heterocycles. The molecule has 1 aromatic rings. The summed E-state index contributed by atoms with van der Waals surface area (Å²) in [5.74, 6) is 0.187. The van der Waals surface area contributed by atoms with Crippen molar-refractivity contribution < 1.29 is 4.39 Å². The Morgan fingerprint density at radius 3 is 1.94 bits per heavy atom. The third-order valence-electron chi connectivity index (χ3n) is 2.34. The highest BCUT2D eigenvalue weighted by Crippen LogP contribution is 2.28. The van der Waals surface area contributed by atoms with Crippen molar-refractivity contribution in [3.63, 3.8) is 0 Å². The second-order valence-corrected chi connectivity index (χ2v) is 3.23. The molecule has 0 spiro atoms. The maximum Gasteiger partial charge on any atom is 0.130 e. The first-order chi connectivity index (χ1) is 7.88. The maximum atomic E-state index is 13.5. The third-order valence-corrected chi connectivity index (χ3v) is 2.34. The minimum absolute atomic E-state index is 0.187. The fourth-order valence-electron chi connectivity index (χ4n) is 1.43. The predicted octanol–water partition coefficient (Wildman–Crippen LogP) is 3.97. The van der Waals surface area contributed by atoms with E-state index in [1.165, 1.54) is 0 Å². The van der Waals surface area contributed by atoms with Crippen molar-refractivity contribution in [3.8, 4) is 0 Å². The van der Waals surface area contributed by atoms with Gasteiger partial charge < -0.3 is 5.32 Å². The van der Waals surface area contributed by atoms with E-state index in [2.05, 4.69) is 5.32 Å². The van der Waals surface area contributed by atoms with E-state index < -0.39 is 6.17 Å². The Kier molecular flexibility index (Phi) is 8.82. The standard InChI is InChI=1S/C10H12FN.2C2H6/c11-10(9-6-12-7-9)8-4-2-1-3-5-8;2*1-2/h1-5,9-10,12H,6-7H2;2*1-2H3. The molecule has 2 heteroatoms. The van der Waals surface area contributed by atoms with Gasteiger partial charge in [0.15, 0.2) is 0 Å². The lowest BCUT2D eigenvalue weighted by molar-refractivity contribution is 0.171. The molecular weight excluding hydrogens is 201 g/mol. The molecule has 0 radical (unpaired) electrons. The molecular formula is C14H24FN. The van der Waals surface area contributed by atoms with Crippen molar-refractivity contribution in [2.45, 2.75) is 33.9 Å². The van der Waals surface area contributed by atoms with Crippen LogP contribution in [0.25, 0.3) is 0 Å². The van der Waals surface area contributed by atoms with Crippen LogP contribution < -0.4 is 5.32 Å². The van der Waals surface area contributed by atoms with Crippen LogP contribution >= 0.6 is 0 Å². The van der Waals surface area contributed by atoms with E-state index in [0.717, 1.165) is 18.7 Å². The minimum atomic E-state index is -0.785. The van der Waals surface area contributed by atoms with E-state index >= 15 is 0 Å². The molecule has 1 heterocycles. The number of hydrogen-bond donors (Lipinski definition) is 1. The second kappa shape index (κ2) is 9.34. The van der Waals surface area contributed by atoms with Crippen LogP contribution in [0.1, 0.15) is 39.4 Å². The fourth-order valence-corrected chi connectivity index (χ4v) is 1.43. The van der Waals surface area contributed by atoms with Crippen molar-refractivity contribution in [3.05, 3.63) is 35.9 Å². The number of alkyl halides is 1. The molecule has 92 valence electrons. The van der Waals surface area contributed by atoms with E-state index in [1.807, 2.05) is 58.0 Å². The molecule has 16 heavy (non-hydrogen) atoms. The van der Waals surface area contributed by atoms with Crippen molar-refractivity contribution in [1.82, 2.24) is 5.32 Å². The summed E-state index contributed by atoms with van der Waals surface area (Å²) >= 11 is 0. The van der Waals surface area contributed by atoms with Gasteiger partial charge in [0.05, 0.1) is 0 Å². The molecule has 2 rings (SSSR count). The van der Waals surface area contributed by atoms with Gasteiger partial charge in [0, 0.05) is 19.0 Å². The second-order valence-electron chi connectivity index (χ2n) is 3.23. The SMILES string of the molecule is CC.CC.FC(c1ccccc1)C1CNC1. The molecule has 1 saturated heterocycles. The zero-order valence-electron chi connectivity index (χ0n) is 10.8. The minimum Gasteiger partial charge on any atom is -0.316 e.